The number of rotatable bonds is 2. The SMILES string of the molecule is Cc1nc(Sc2cc(C#N)ccn2)oc1C. The van der Waals surface area contributed by atoms with E-state index in [1.54, 1.807) is 18.3 Å². The highest BCUT2D eigenvalue weighted by atomic mass is 32.2. The van der Waals surface area contributed by atoms with Gasteiger partial charge >= 0.3 is 0 Å². The van der Waals surface area contributed by atoms with Crippen molar-refractivity contribution in [3.05, 3.63) is 35.3 Å². The van der Waals surface area contributed by atoms with Crippen LogP contribution in [-0.2, 0) is 0 Å². The van der Waals surface area contributed by atoms with Gasteiger partial charge in [-0.2, -0.15) is 5.26 Å². The highest BCUT2D eigenvalue weighted by Crippen LogP contribution is 2.26. The second-order valence-corrected chi connectivity index (χ2v) is 4.19. The van der Waals surface area contributed by atoms with Gasteiger partial charge in [-0.25, -0.2) is 9.97 Å². The normalized spacial score (nSPS) is 10.1. The number of aryl methyl sites for hydroxylation is 2. The van der Waals surface area contributed by atoms with Crippen molar-refractivity contribution >= 4 is 11.8 Å². The van der Waals surface area contributed by atoms with E-state index in [9.17, 15) is 0 Å². The van der Waals surface area contributed by atoms with Crippen LogP contribution in [0.2, 0.25) is 0 Å². The van der Waals surface area contributed by atoms with Crippen molar-refractivity contribution in [2.24, 2.45) is 0 Å². The van der Waals surface area contributed by atoms with Gasteiger partial charge in [-0.3, -0.25) is 0 Å². The van der Waals surface area contributed by atoms with Crippen molar-refractivity contribution in [2.75, 3.05) is 0 Å². The van der Waals surface area contributed by atoms with E-state index in [1.165, 1.54) is 11.8 Å². The van der Waals surface area contributed by atoms with Gasteiger partial charge in [0.1, 0.15) is 10.8 Å². The molecule has 0 aliphatic carbocycles. The molecule has 80 valence electrons. The molecule has 0 aliphatic rings. The summed E-state index contributed by atoms with van der Waals surface area (Å²) in [4.78, 5) is 8.37. The number of nitriles is 1. The fourth-order valence-electron chi connectivity index (χ4n) is 1.11. The van der Waals surface area contributed by atoms with Gasteiger partial charge in [0.15, 0.2) is 0 Å². The minimum Gasteiger partial charge on any atom is -0.436 e. The van der Waals surface area contributed by atoms with Crippen LogP contribution >= 0.6 is 11.8 Å². The summed E-state index contributed by atoms with van der Waals surface area (Å²) in [5, 5.41) is 10.0. The summed E-state index contributed by atoms with van der Waals surface area (Å²) in [6.07, 6.45) is 1.60. The predicted octanol–water partition coefficient (Wildman–Crippen LogP) is 2.71. The molecule has 0 amide bonds. The predicted molar refractivity (Wildman–Crippen MR) is 59.1 cm³/mol. The van der Waals surface area contributed by atoms with E-state index in [4.69, 9.17) is 9.68 Å². The van der Waals surface area contributed by atoms with E-state index in [2.05, 4.69) is 16.0 Å². The first kappa shape index (κ1) is 10.7. The van der Waals surface area contributed by atoms with Crippen molar-refractivity contribution in [2.45, 2.75) is 24.1 Å². The van der Waals surface area contributed by atoms with Crippen LogP contribution in [0.1, 0.15) is 17.0 Å². The zero-order valence-corrected chi connectivity index (χ0v) is 9.71. The largest absolute Gasteiger partial charge is 0.436 e. The zero-order valence-electron chi connectivity index (χ0n) is 8.89. The Morgan fingerprint density at radius 1 is 1.44 bits per heavy atom. The maximum absolute atomic E-state index is 8.75. The van der Waals surface area contributed by atoms with Crippen molar-refractivity contribution in [1.82, 2.24) is 9.97 Å². The van der Waals surface area contributed by atoms with Gasteiger partial charge in [-0.05, 0) is 37.7 Å². The summed E-state index contributed by atoms with van der Waals surface area (Å²) >= 11 is 1.31. The summed E-state index contributed by atoms with van der Waals surface area (Å²) in [7, 11) is 0. The van der Waals surface area contributed by atoms with Crippen LogP contribution in [0.3, 0.4) is 0 Å². The summed E-state index contributed by atoms with van der Waals surface area (Å²) < 4.78 is 5.42. The third kappa shape index (κ3) is 2.23. The van der Waals surface area contributed by atoms with Crippen molar-refractivity contribution in [3.63, 3.8) is 0 Å². The van der Waals surface area contributed by atoms with Gasteiger partial charge in [-0.1, -0.05) is 0 Å². The minimum absolute atomic E-state index is 0.553. The molecule has 0 aliphatic heterocycles. The van der Waals surface area contributed by atoms with Gasteiger partial charge in [0.05, 0.1) is 17.3 Å². The Bertz CT molecular complexity index is 537. The maximum Gasteiger partial charge on any atom is 0.262 e. The summed E-state index contributed by atoms with van der Waals surface area (Å²) in [5.74, 6) is 0.805. The van der Waals surface area contributed by atoms with Gasteiger partial charge in [0.2, 0.25) is 0 Å². The first-order valence-corrected chi connectivity index (χ1v) is 5.48. The Hall–Kier alpha value is -1.80. The molecule has 16 heavy (non-hydrogen) atoms. The molecule has 0 N–H and O–H groups in total. The zero-order chi connectivity index (χ0) is 11.5. The van der Waals surface area contributed by atoms with Crippen LogP contribution in [0.5, 0.6) is 0 Å². The fourth-order valence-corrected chi connectivity index (χ4v) is 1.94. The third-order valence-corrected chi connectivity index (χ3v) is 2.85. The molecule has 0 atom stereocenters. The number of hydrogen-bond donors (Lipinski definition) is 0. The lowest BCUT2D eigenvalue weighted by Gasteiger charge is -1.95. The number of nitrogens with zero attached hydrogens (tertiary/aromatic N) is 3. The number of oxazole rings is 1. The monoisotopic (exact) mass is 231 g/mol. The Morgan fingerprint density at radius 3 is 2.88 bits per heavy atom. The molecule has 0 radical (unpaired) electrons. The van der Waals surface area contributed by atoms with E-state index in [-0.39, 0.29) is 0 Å². The minimum atomic E-state index is 0.553. The van der Waals surface area contributed by atoms with Gasteiger partial charge < -0.3 is 4.42 Å². The van der Waals surface area contributed by atoms with Crippen LogP contribution in [0.15, 0.2) is 33.0 Å². The summed E-state index contributed by atoms with van der Waals surface area (Å²) in [6.45, 7) is 3.76. The first-order chi connectivity index (χ1) is 7.69. The van der Waals surface area contributed by atoms with Crippen LogP contribution in [-0.4, -0.2) is 9.97 Å². The Labute approximate surface area is 97.3 Å². The lowest BCUT2D eigenvalue weighted by atomic mass is 10.3. The van der Waals surface area contributed by atoms with Gasteiger partial charge in [0.25, 0.3) is 5.22 Å². The topological polar surface area (TPSA) is 62.7 Å². The average Bonchev–Trinajstić information content (AvgIpc) is 2.58. The smallest absolute Gasteiger partial charge is 0.262 e. The second-order valence-electron chi connectivity index (χ2n) is 3.22. The molecular weight excluding hydrogens is 222 g/mol. The molecule has 0 spiro atoms. The molecule has 0 bridgehead atoms. The quantitative estimate of drug-likeness (QED) is 0.795. The van der Waals surface area contributed by atoms with E-state index >= 15 is 0 Å². The molecule has 2 rings (SSSR count). The Kier molecular flexibility index (Phi) is 2.93. The van der Waals surface area contributed by atoms with Crippen molar-refractivity contribution in [3.8, 4) is 6.07 Å². The standard InChI is InChI=1S/C11H9N3OS/c1-7-8(2)15-11(14-7)16-10-5-9(6-12)3-4-13-10/h3-5H,1-2H3. The van der Waals surface area contributed by atoms with E-state index in [1.807, 2.05) is 13.8 Å². The average molecular weight is 231 g/mol. The second kappa shape index (κ2) is 4.37. The highest BCUT2D eigenvalue weighted by Gasteiger charge is 2.08. The van der Waals surface area contributed by atoms with Crippen LogP contribution in [0, 0.1) is 25.2 Å². The van der Waals surface area contributed by atoms with E-state index < -0.39 is 0 Å². The highest BCUT2D eigenvalue weighted by molar-refractivity contribution is 7.99. The molecule has 0 unspecified atom stereocenters. The molecule has 0 saturated carbocycles. The molecule has 0 fully saturated rings. The summed E-state index contributed by atoms with van der Waals surface area (Å²) in [6, 6.07) is 5.44. The van der Waals surface area contributed by atoms with E-state index in [0.29, 0.717) is 15.8 Å². The molecule has 4 nitrogen and oxygen atoms in total. The number of aromatic nitrogens is 2. The lowest BCUT2D eigenvalue weighted by molar-refractivity contribution is 0.431. The third-order valence-electron chi connectivity index (χ3n) is 2.06. The van der Waals surface area contributed by atoms with Crippen LogP contribution in [0.4, 0.5) is 0 Å². The van der Waals surface area contributed by atoms with Crippen LogP contribution < -0.4 is 0 Å². The summed E-state index contributed by atoms with van der Waals surface area (Å²) in [5.41, 5.74) is 1.46. The van der Waals surface area contributed by atoms with E-state index in [0.717, 1.165) is 11.5 Å². The molecule has 0 saturated heterocycles. The Balaban J connectivity index is 2.24. The number of pyridine rings is 1. The fraction of sp³-hybridized carbons (Fsp3) is 0.182. The molecule has 0 aromatic carbocycles. The maximum atomic E-state index is 8.75. The number of hydrogen-bond acceptors (Lipinski definition) is 5. The molecule has 5 heteroatoms. The van der Waals surface area contributed by atoms with Crippen molar-refractivity contribution < 1.29 is 4.42 Å². The van der Waals surface area contributed by atoms with Gasteiger partial charge in [-0.15, -0.1) is 0 Å². The first-order valence-electron chi connectivity index (χ1n) is 4.67. The van der Waals surface area contributed by atoms with Crippen molar-refractivity contribution in [1.29, 1.82) is 5.26 Å². The molecule has 2 heterocycles. The lowest BCUT2D eigenvalue weighted by Crippen LogP contribution is -1.82. The van der Waals surface area contributed by atoms with Crippen LogP contribution in [0.25, 0.3) is 0 Å². The molecular formula is C11H9N3OS. The Morgan fingerprint density at radius 2 is 2.25 bits per heavy atom. The molecule has 2 aromatic heterocycles. The van der Waals surface area contributed by atoms with Gasteiger partial charge in [0, 0.05) is 6.20 Å². The molecule has 2 aromatic rings.